The summed E-state index contributed by atoms with van der Waals surface area (Å²) in [7, 11) is 0. The van der Waals surface area contributed by atoms with Gasteiger partial charge in [0, 0.05) is 59.0 Å². The molecule has 0 spiro atoms. The molecule has 0 saturated carbocycles. The largest absolute Gasteiger partial charge is 0.456 e. The van der Waals surface area contributed by atoms with Crippen LogP contribution in [-0.2, 0) is 0 Å². The quantitative estimate of drug-likeness (QED) is 0.168. The molecule has 0 radical (unpaired) electrons. The van der Waals surface area contributed by atoms with Crippen molar-refractivity contribution >= 4 is 92.3 Å². The number of furan rings is 1. The second-order valence-electron chi connectivity index (χ2n) is 14.9. The molecule has 0 unspecified atom stereocenters. The van der Waals surface area contributed by atoms with Crippen LogP contribution in [0.4, 0.5) is 17.1 Å². The fourth-order valence-electron chi connectivity index (χ4n) is 8.98. The fourth-order valence-corrected chi connectivity index (χ4v) is 10.1. The predicted octanol–water partition coefficient (Wildman–Crippen LogP) is 15.9. The van der Waals surface area contributed by atoms with Crippen molar-refractivity contribution in [2.24, 2.45) is 0 Å². The Morgan fingerprint density at radius 1 is 0.414 bits per heavy atom. The van der Waals surface area contributed by atoms with Gasteiger partial charge in [-0.25, -0.2) is 0 Å². The smallest absolute Gasteiger partial charge is 0.137 e. The molecule has 0 bridgehead atoms. The Morgan fingerprint density at radius 3 is 1.91 bits per heavy atom. The van der Waals surface area contributed by atoms with Gasteiger partial charge < -0.3 is 13.9 Å². The lowest BCUT2D eigenvalue weighted by atomic mass is 9.95. The number of benzene rings is 9. The van der Waals surface area contributed by atoms with Crippen molar-refractivity contribution in [2.45, 2.75) is 0 Å². The van der Waals surface area contributed by atoms with Gasteiger partial charge in [-0.05, 0) is 89.5 Å². The van der Waals surface area contributed by atoms with Crippen LogP contribution in [0, 0.1) is 0 Å². The Balaban J connectivity index is 1.20. The Bertz CT molecular complexity index is 3510. The summed E-state index contributed by atoms with van der Waals surface area (Å²) in [6.45, 7) is 0. The van der Waals surface area contributed by atoms with E-state index in [1.54, 1.807) is 0 Å². The summed E-state index contributed by atoms with van der Waals surface area (Å²) in [4.78, 5) is 2.38. The van der Waals surface area contributed by atoms with Crippen molar-refractivity contribution in [3.63, 3.8) is 0 Å². The molecule has 272 valence electrons. The second kappa shape index (κ2) is 13.1. The van der Waals surface area contributed by atoms with Crippen LogP contribution in [0.25, 0.3) is 91.9 Å². The summed E-state index contributed by atoms with van der Waals surface area (Å²) in [6, 6.07) is 74.5. The van der Waals surface area contributed by atoms with E-state index in [0.717, 1.165) is 50.2 Å². The highest BCUT2D eigenvalue weighted by Crippen LogP contribution is 2.47. The zero-order valence-electron chi connectivity index (χ0n) is 31.3. The number of rotatable bonds is 6. The number of fused-ring (bicyclic) bond motifs is 9. The maximum absolute atomic E-state index is 6.43. The van der Waals surface area contributed by atoms with Gasteiger partial charge in [0.15, 0.2) is 0 Å². The minimum absolute atomic E-state index is 0.868. The zero-order valence-corrected chi connectivity index (χ0v) is 32.2. The van der Waals surface area contributed by atoms with E-state index in [1.807, 2.05) is 17.4 Å². The molecule has 0 aliphatic heterocycles. The first-order valence-electron chi connectivity index (χ1n) is 19.7. The summed E-state index contributed by atoms with van der Waals surface area (Å²) in [5, 5.41) is 7.20. The van der Waals surface area contributed by atoms with Crippen molar-refractivity contribution in [1.29, 1.82) is 0 Å². The van der Waals surface area contributed by atoms with Crippen LogP contribution in [0.2, 0.25) is 0 Å². The van der Waals surface area contributed by atoms with Crippen molar-refractivity contribution in [3.8, 4) is 27.9 Å². The van der Waals surface area contributed by atoms with Crippen molar-refractivity contribution < 1.29 is 4.42 Å². The Kier molecular flexibility index (Phi) is 7.40. The Labute approximate surface area is 338 Å². The van der Waals surface area contributed by atoms with Gasteiger partial charge in [0.05, 0.1) is 22.1 Å². The van der Waals surface area contributed by atoms with E-state index in [2.05, 4.69) is 210 Å². The van der Waals surface area contributed by atoms with Crippen molar-refractivity contribution in [3.05, 3.63) is 206 Å². The van der Waals surface area contributed by atoms with Crippen LogP contribution in [0.15, 0.2) is 211 Å². The maximum Gasteiger partial charge on any atom is 0.137 e. The molecule has 3 heterocycles. The van der Waals surface area contributed by atoms with Crippen LogP contribution < -0.4 is 4.90 Å². The third kappa shape index (κ3) is 5.12. The lowest BCUT2D eigenvalue weighted by molar-refractivity contribution is 0.669. The molecule has 0 saturated heterocycles. The van der Waals surface area contributed by atoms with Crippen LogP contribution in [0.3, 0.4) is 0 Å². The number of para-hydroxylation sites is 2. The third-order valence-corrected chi connectivity index (χ3v) is 12.7. The molecule has 12 aromatic rings. The molecule has 12 rings (SSSR count). The fraction of sp³-hybridized carbons (Fsp3) is 0. The van der Waals surface area contributed by atoms with Gasteiger partial charge in [0.1, 0.15) is 11.2 Å². The molecule has 58 heavy (non-hydrogen) atoms. The SMILES string of the molecule is c1ccc(-c2cc(-c3ccccc3)c3c(c2)c2ccc(N(c4ccccc4)c4cccc5oc6ccccc6c45)cc2n3-c2ccc3c(c2)sc2ccccc23)cc1. The van der Waals surface area contributed by atoms with E-state index < -0.39 is 0 Å². The Morgan fingerprint density at radius 2 is 1.09 bits per heavy atom. The first-order chi connectivity index (χ1) is 28.8. The molecule has 0 aliphatic rings. The normalized spacial score (nSPS) is 11.8. The van der Waals surface area contributed by atoms with Gasteiger partial charge >= 0.3 is 0 Å². The molecule has 0 amide bonds. The van der Waals surface area contributed by atoms with Crippen LogP contribution in [0.1, 0.15) is 0 Å². The Hall–Kier alpha value is -7.40. The topological polar surface area (TPSA) is 21.3 Å². The van der Waals surface area contributed by atoms with Crippen LogP contribution in [-0.4, -0.2) is 4.57 Å². The molecular weight excluding hydrogens is 725 g/mol. The summed E-state index contributed by atoms with van der Waals surface area (Å²) >= 11 is 1.86. The molecule has 3 nitrogen and oxygen atoms in total. The summed E-state index contributed by atoms with van der Waals surface area (Å²) in [5.74, 6) is 0. The molecular formula is C54H34N2OS. The van der Waals surface area contributed by atoms with Gasteiger partial charge in [-0.15, -0.1) is 11.3 Å². The van der Waals surface area contributed by atoms with E-state index >= 15 is 0 Å². The minimum Gasteiger partial charge on any atom is -0.456 e. The molecule has 3 aromatic heterocycles. The van der Waals surface area contributed by atoms with Gasteiger partial charge in [0.2, 0.25) is 0 Å². The number of nitrogens with zero attached hydrogens (tertiary/aromatic N) is 2. The average molecular weight is 759 g/mol. The van der Waals surface area contributed by atoms with E-state index in [9.17, 15) is 0 Å². The monoisotopic (exact) mass is 758 g/mol. The van der Waals surface area contributed by atoms with Gasteiger partial charge in [-0.1, -0.05) is 133 Å². The standard InChI is InChI=1S/C54H34N2OS/c1-4-15-35(16-5-1)37-31-45(36-17-6-2-7-18-36)54-46(32-37)41-29-27-39(33-48(41)56(54)40-28-30-43-42-21-11-13-26-51(42)58-52(43)34-40)55(38-19-8-3-9-20-38)47-23-14-25-50-53(47)44-22-10-12-24-49(44)57-50/h1-34H. The van der Waals surface area contributed by atoms with Gasteiger partial charge in [-0.3, -0.25) is 0 Å². The molecule has 0 atom stereocenters. The highest BCUT2D eigenvalue weighted by Gasteiger charge is 2.23. The molecule has 4 heteroatoms. The van der Waals surface area contributed by atoms with Crippen molar-refractivity contribution in [1.82, 2.24) is 4.57 Å². The number of hydrogen-bond donors (Lipinski definition) is 0. The van der Waals surface area contributed by atoms with E-state index in [1.165, 1.54) is 58.7 Å². The third-order valence-electron chi connectivity index (χ3n) is 11.6. The van der Waals surface area contributed by atoms with Crippen LogP contribution >= 0.6 is 11.3 Å². The minimum atomic E-state index is 0.868. The van der Waals surface area contributed by atoms with Gasteiger partial charge in [0.25, 0.3) is 0 Å². The first-order valence-corrected chi connectivity index (χ1v) is 20.5. The van der Waals surface area contributed by atoms with E-state index in [-0.39, 0.29) is 0 Å². The summed E-state index contributed by atoms with van der Waals surface area (Å²) < 4.78 is 11.5. The highest BCUT2D eigenvalue weighted by atomic mass is 32.1. The first kappa shape index (κ1) is 32.8. The van der Waals surface area contributed by atoms with E-state index in [0.29, 0.717) is 0 Å². The molecule has 0 aliphatic carbocycles. The summed E-state index contributed by atoms with van der Waals surface area (Å²) in [6.07, 6.45) is 0. The highest BCUT2D eigenvalue weighted by molar-refractivity contribution is 7.25. The zero-order chi connectivity index (χ0) is 38.2. The summed E-state index contributed by atoms with van der Waals surface area (Å²) in [5.41, 5.74) is 13.2. The van der Waals surface area contributed by atoms with Crippen molar-refractivity contribution in [2.75, 3.05) is 4.90 Å². The lowest BCUT2D eigenvalue weighted by Crippen LogP contribution is -2.10. The number of aromatic nitrogens is 1. The number of hydrogen-bond acceptors (Lipinski definition) is 3. The lowest BCUT2D eigenvalue weighted by Gasteiger charge is -2.26. The second-order valence-corrected chi connectivity index (χ2v) is 16.0. The maximum atomic E-state index is 6.43. The number of thiophene rings is 1. The molecule has 0 fully saturated rings. The van der Waals surface area contributed by atoms with Gasteiger partial charge in [-0.2, -0.15) is 0 Å². The molecule has 9 aromatic carbocycles. The van der Waals surface area contributed by atoms with Crippen LogP contribution in [0.5, 0.6) is 0 Å². The molecule has 0 N–H and O–H groups in total. The number of anilines is 3. The van der Waals surface area contributed by atoms with E-state index in [4.69, 9.17) is 4.42 Å². The average Bonchev–Trinajstić information content (AvgIpc) is 3.96. The predicted molar refractivity (Wildman–Crippen MR) is 247 cm³/mol.